The van der Waals surface area contributed by atoms with Crippen LogP contribution in [0.5, 0.6) is 0 Å². The van der Waals surface area contributed by atoms with Gasteiger partial charge in [-0.3, -0.25) is 9.59 Å². The number of carboxylic acids is 1. The average molecular weight is 291 g/mol. The molecule has 1 amide bonds. The van der Waals surface area contributed by atoms with E-state index in [9.17, 15) is 19.8 Å². The second kappa shape index (κ2) is 5.85. The fourth-order valence-electron chi connectivity index (χ4n) is 2.86. The number of hydrogen-bond donors (Lipinski definition) is 2. The SMILES string of the molecule is CC(C)C1(C(=O)O)CCN(C(=O)C(O)c2ccccc2)C1. The lowest BCUT2D eigenvalue weighted by Crippen LogP contribution is -2.41. The molecule has 21 heavy (non-hydrogen) atoms. The van der Waals surface area contributed by atoms with Gasteiger partial charge in [0.05, 0.1) is 5.41 Å². The maximum absolute atomic E-state index is 12.4. The van der Waals surface area contributed by atoms with Crippen LogP contribution < -0.4 is 0 Å². The zero-order valence-corrected chi connectivity index (χ0v) is 12.3. The van der Waals surface area contributed by atoms with Crippen molar-refractivity contribution in [3.05, 3.63) is 35.9 Å². The largest absolute Gasteiger partial charge is 0.481 e. The predicted molar refractivity (Wildman–Crippen MR) is 77.5 cm³/mol. The molecule has 5 heteroatoms. The Balaban J connectivity index is 2.14. The summed E-state index contributed by atoms with van der Waals surface area (Å²) in [5.41, 5.74) is -0.383. The lowest BCUT2D eigenvalue weighted by molar-refractivity contribution is -0.152. The molecule has 0 radical (unpaired) electrons. The number of amides is 1. The number of aliphatic carboxylic acids is 1. The molecule has 1 aliphatic heterocycles. The number of carbonyl (C=O) groups is 2. The summed E-state index contributed by atoms with van der Waals surface area (Å²) in [5, 5.41) is 19.6. The molecule has 1 saturated heterocycles. The highest BCUT2D eigenvalue weighted by Gasteiger charge is 2.49. The van der Waals surface area contributed by atoms with Gasteiger partial charge in [-0.05, 0) is 17.9 Å². The van der Waals surface area contributed by atoms with E-state index in [1.165, 1.54) is 4.90 Å². The quantitative estimate of drug-likeness (QED) is 0.884. The second-order valence-electron chi connectivity index (χ2n) is 5.94. The number of carbonyl (C=O) groups excluding carboxylic acids is 1. The van der Waals surface area contributed by atoms with E-state index < -0.39 is 23.4 Å². The Hall–Kier alpha value is -1.88. The molecule has 2 atom stereocenters. The van der Waals surface area contributed by atoms with E-state index in [2.05, 4.69) is 0 Å². The summed E-state index contributed by atoms with van der Waals surface area (Å²) in [6.07, 6.45) is -0.810. The second-order valence-corrected chi connectivity index (χ2v) is 5.94. The van der Waals surface area contributed by atoms with Crippen molar-refractivity contribution in [1.29, 1.82) is 0 Å². The van der Waals surface area contributed by atoms with Gasteiger partial charge in [0.1, 0.15) is 0 Å². The molecule has 5 nitrogen and oxygen atoms in total. The van der Waals surface area contributed by atoms with Crippen LogP contribution in [-0.2, 0) is 9.59 Å². The van der Waals surface area contributed by atoms with Crippen LogP contribution in [0, 0.1) is 11.3 Å². The molecule has 0 spiro atoms. The number of nitrogens with zero attached hydrogens (tertiary/aromatic N) is 1. The van der Waals surface area contributed by atoms with Crippen molar-refractivity contribution in [3.63, 3.8) is 0 Å². The summed E-state index contributed by atoms with van der Waals surface area (Å²) < 4.78 is 0. The van der Waals surface area contributed by atoms with Crippen LogP contribution in [0.4, 0.5) is 0 Å². The van der Waals surface area contributed by atoms with Gasteiger partial charge >= 0.3 is 5.97 Å². The fraction of sp³-hybridized carbons (Fsp3) is 0.500. The topological polar surface area (TPSA) is 77.8 Å². The van der Waals surface area contributed by atoms with E-state index in [4.69, 9.17) is 0 Å². The van der Waals surface area contributed by atoms with Crippen LogP contribution in [0.25, 0.3) is 0 Å². The summed E-state index contributed by atoms with van der Waals surface area (Å²) in [6, 6.07) is 8.69. The lowest BCUT2D eigenvalue weighted by atomic mass is 9.76. The minimum Gasteiger partial charge on any atom is -0.481 e. The average Bonchev–Trinajstić information content (AvgIpc) is 2.93. The first-order valence-electron chi connectivity index (χ1n) is 7.13. The Morgan fingerprint density at radius 1 is 1.24 bits per heavy atom. The highest BCUT2D eigenvalue weighted by molar-refractivity contribution is 5.84. The normalized spacial score (nSPS) is 23.3. The van der Waals surface area contributed by atoms with Crippen molar-refractivity contribution >= 4 is 11.9 Å². The Labute approximate surface area is 124 Å². The number of aliphatic hydroxyl groups is 1. The zero-order valence-electron chi connectivity index (χ0n) is 12.3. The molecule has 1 fully saturated rings. The summed E-state index contributed by atoms with van der Waals surface area (Å²) in [4.78, 5) is 25.4. The summed E-state index contributed by atoms with van der Waals surface area (Å²) in [6.45, 7) is 4.24. The molecule has 1 aliphatic rings. The van der Waals surface area contributed by atoms with E-state index in [-0.39, 0.29) is 12.5 Å². The Bertz CT molecular complexity index is 528. The summed E-state index contributed by atoms with van der Waals surface area (Å²) >= 11 is 0. The third kappa shape index (κ3) is 2.78. The fourth-order valence-corrected chi connectivity index (χ4v) is 2.86. The maximum atomic E-state index is 12.4. The van der Waals surface area contributed by atoms with Gasteiger partial charge in [-0.2, -0.15) is 0 Å². The third-order valence-corrected chi connectivity index (χ3v) is 4.49. The van der Waals surface area contributed by atoms with Crippen molar-refractivity contribution < 1.29 is 19.8 Å². The molecule has 0 bridgehead atoms. The Kier molecular flexibility index (Phi) is 4.32. The van der Waals surface area contributed by atoms with Gasteiger partial charge in [-0.15, -0.1) is 0 Å². The number of aliphatic hydroxyl groups excluding tert-OH is 1. The maximum Gasteiger partial charge on any atom is 0.311 e. The first-order chi connectivity index (χ1) is 9.88. The highest BCUT2D eigenvalue weighted by Crippen LogP contribution is 2.39. The first-order valence-corrected chi connectivity index (χ1v) is 7.13. The molecule has 2 rings (SSSR count). The summed E-state index contributed by atoms with van der Waals surface area (Å²) in [5.74, 6) is -1.37. The van der Waals surface area contributed by atoms with Gasteiger partial charge < -0.3 is 15.1 Å². The molecule has 1 heterocycles. The smallest absolute Gasteiger partial charge is 0.311 e. The van der Waals surface area contributed by atoms with Crippen molar-refractivity contribution in [2.75, 3.05) is 13.1 Å². The molecular weight excluding hydrogens is 270 g/mol. The predicted octanol–water partition coefficient (Wildman–Crippen LogP) is 1.68. The van der Waals surface area contributed by atoms with Crippen LogP contribution in [0.1, 0.15) is 31.9 Å². The van der Waals surface area contributed by atoms with Gasteiger partial charge in [0, 0.05) is 13.1 Å². The van der Waals surface area contributed by atoms with E-state index >= 15 is 0 Å². The number of hydrogen-bond acceptors (Lipinski definition) is 3. The number of rotatable bonds is 4. The van der Waals surface area contributed by atoms with Crippen LogP contribution in [-0.4, -0.2) is 40.1 Å². The minimum absolute atomic E-state index is 0.0679. The Morgan fingerprint density at radius 2 is 1.86 bits per heavy atom. The number of carboxylic acid groups (broad SMARTS) is 1. The zero-order chi connectivity index (χ0) is 15.6. The summed E-state index contributed by atoms with van der Waals surface area (Å²) in [7, 11) is 0. The van der Waals surface area contributed by atoms with E-state index in [1.807, 2.05) is 19.9 Å². The van der Waals surface area contributed by atoms with Gasteiger partial charge in [-0.25, -0.2) is 0 Å². The number of likely N-dealkylation sites (tertiary alicyclic amines) is 1. The van der Waals surface area contributed by atoms with Gasteiger partial charge in [0.15, 0.2) is 6.10 Å². The molecule has 114 valence electrons. The Morgan fingerprint density at radius 3 is 2.33 bits per heavy atom. The number of benzene rings is 1. The molecule has 0 aliphatic carbocycles. The molecule has 2 unspecified atom stereocenters. The minimum atomic E-state index is -1.23. The van der Waals surface area contributed by atoms with Gasteiger partial charge in [-0.1, -0.05) is 44.2 Å². The molecule has 1 aromatic rings. The van der Waals surface area contributed by atoms with Gasteiger partial charge in [0.2, 0.25) is 0 Å². The third-order valence-electron chi connectivity index (χ3n) is 4.49. The standard InChI is InChI=1S/C16H21NO4/c1-11(2)16(15(20)21)8-9-17(10-16)14(19)13(18)12-6-4-3-5-7-12/h3-7,11,13,18H,8-10H2,1-2H3,(H,20,21). The van der Waals surface area contributed by atoms with Crippen LogP contribution in [0.2, 0.25) is 0 Å². The van der Waals surface area contributed by atoms with Crippen LogP contribution >= 0.6 is 0 Å². The van der Waals surface area contributed by atoms with Crippen molar-refractivity contribution in [2.24, 2.45) is 11.3 Å². The van der Waals surface area contributed by atoms with E-state index in [0.29, 0.717) is 18.5 Å². The van der Waals surface area contributed by atoms with E-state index in [1.54, 1.807) is 24.3 Å². The molecule has 2 N–H and O–H groups in total. The van der Waals surface area contributed by atoms with Crippen molar-refractivity contribution in [3.8, 4) is 0 Å². The first kappa shape index (κ1) is 15.5. The van der Waals surface area contributed by atoms with Crippen molar-refractivity contribution in [2.45, 2.75) is 26.4 Å². The molecule has 0 aromatic heterocycles. The molecule has 0 saturated carbocycles. The van der Waals surface area contributed by atoms with Crippen molar-refractivity contribution in [1.82, 2.24) is 4.90 Å². The van der Waals surface area contributed by atoms with E-state index in [0.717, 1.165) is 0 Å². The van der Waals surface area contributed by atoms with Gasteiger partial charge in [0.25, 0.3) is 5.91 Å². The lowest BCUT2D eigenvalue weighted by Gasteiger charge is -2.29. The van der Waals surface area contributed by atoms with Crippen LogP contribution in [0.15, 0.2) is 30.3 Å². The molecule has 1 aromatic carbocycles. The highest BCUT2D eigenvalue weighted by atomic mass is 16.4. The molecular formula is C16H21NO4. The van der Waals surface area contributed by atoms with Crippen LogP contribution in [0.3, 0.4) is 0 Å². The monoisotopic (exact) mass is 291 g/mol.